The zero-order chi connectivity index (χ0) is 19.7. The Morgan fingerprint density at radius 2 is 1.67 bits per heavy atom. The third kappa shape index (κ3) is 4.11. The predicted molar refractivity (Wildman–Crippen MR) is 108 cm³/mol. The van der Waals surface area contributed by atoms with Gasteiger partial charge in [-0.25, -0.2) is 4.79 Å². The van der Waals surface area contributed by atoms with E-state index in [0.717, 1.165) is 10.9 Å². The van der Waals surface area contributed by atoms with Crippen LogP contribution in [0.1, 0.15) is 17.0 Å². The maximum absolute atomic E-state index is 12.2. The van der Waals surface area contributed by atoms with E-state index in [1.807, 2.05) is 0 Å². The van der Waals surface area contributed by atoms with Crippen molar-refractivity contribution in [3.8, 4) is 5.69 Å². The number of benzene rings is 2. The summed E-state index contributed by atoms with van der Waals surface area (Å²) in [6.07, 6.45) is 0.949. The van der Waals surface area contributed by atoms with Crippen LogP contribution in [-0.2, 0) is 4.79 Å². The number of aromatic nitrogens is 3. The average molecular weight is 443 g/mol. The Labute approximate surface area is 173 Å². The molecule has 0 amide bonds. The Kier molecular flexibility index (Phi) is 5.76. The van der Waals surface area contributed by atoms with Crippen molar-refractivity contribution in [1.82, 2.24) is 14.8 Å². The molecule has 6 nitrogen and oxygen atoms in total. The van der Waals surface area contributed by atoms with Gasteiger partial charge in [0.1, 0.15) is 6.20 Å². The highest BCUT2D eigenvalue weighted by atomic mass is 35.5. The van der Waals surface area contributed by atoms with Crippen LogP contribution in [0, 0.1) is 0 Å². The van der Waals surface area contributed by atoms with Crippen LogP contribution in [0.3, 0.4) is 0 Å². The molecule has 1 N–H and O–H groups in total. The number of carbonyl (C=O) groups is 1. The molecule has 1 atom stereocenters. The summed E-state index contributed by atoms with van der Waals surface area (Å²) in [5.41, 5.74) is -0.205. The fourth-order valence-corrected chi connectivity index (χ4v) is 3.69. The molecule has 0 radical (unpaired) electrons. The minimum atomic E-state index is -0.833. The van der Waals surface area contributed by atoms with Crippen LogP contribution in [0.25, 0.3) is 5.69 Å². The zero-order valence-corrected chi connectivity index (χ0v) is 16.5. The van der Waals surface area contributed by atoms with Gasteiger partial charge in [-0.05, 0) is 29.8 Å². The lowest BCUT2D eigenvalue weighted by atomic mass is 9.92. The number of carbonyl (C=O) groups excluding carboxylic acids is 1. The highest BCUT2D eigenvalue weighted by molar-refractivity contribution is 7.96. The van der Waals surface area contributed by atoms with E-state index in [1.54, 1.807) is 24.3 Å². The van der Waals surface area contributed by atoms with Crippen LogP contribution in [0.4, 0.5) is 0 Å². The first-order valence-electron chi connectivity index (χ1n) is 7.44. The van der Waals surface area contributed by atoms with E-state index in [-0.39, 0.29) is 15.7 Å². The molecule has 0 aliphatic rings. The molecule has 1 unspecified atom stereocenters. The molecule has 10 heteroatoms. The molecule has 0 saturated heterocycles. The molecule has 138 valence electrons. The van der Waals surface area contributed by atoms with Crippen LogP contribution in [0.15, 0.2) is 52.2 Å². The third-order valence-electron chi connectivity index (χ3n) is 3.76. The molecule has 0 aliphatic carbocycles. The molecule has 1 aromatic heterocycles. The fraction of sp³-hybridized carbons (Fsp3) is 0.0588. The first kappa shape index (κ1) is 19.7. The maximum atomic E-state index is 12.2. The summed E-state index contributed by atoms with van der Waals surface area (Å²) in [5, 5.41) is 4.08. The van der Waals surface area contributed by atoms with Crippen LogP contribution < -0.4 is 11.2 Å². The largest absolute Gasteiger partial charge is 0.349 e. The van der Waals surface area contributed by atoms with Gasteiger partial charge >= 0.3 is 5.69 Å². The van der Waals surface area contributed by atoms with Gasteiger partial charge in [0.05, 0.1) is 11.6 Å². The van der Waals surface area contributed by atoms with Crippen molar-refractivity contribution >= 4 is 52.5 Å². The van der Waals surface area contributed by atoms with E-state index in [0.29, 0.717) is 16.1 Å². The smallest absolute Gasteiger partial charge is 0.286 e. The van der Waals surface area contributed by atoms with E-state index >= 15 is 0 Å². The highest BCUT2D eigenvalue weighted by Gasteiger charge is 2.26. The molecule has 3 rings (SSSR count). The lowest BCUT2D eigenvalue weighted by Gasteiger charge is -2.18. The summed E-state index contributed by atoms with van der Waals surface area (Å²) < 4.78 is 0.933. The topological polar surface area (TPSA) is 84.8 Å². The Morgan fingerprint density at radius 3 is 2.19 bits per heavy atom. The van der Waals surface area contributed by atoms with Crippen molar-refractivity contribution in [3.63, 3.8) is 0 Å². The second kappa shape index (κ2) is 7.90. The van der Waals surface area contributed by atoms with Crippen LogP contribution in [0.5, 0.6) is 0 Å². The number of H-pyrrole nitrogens is 1. The van der Waals surface area contributed by atoms with Crippen LogP contribution in [-0.4, -0.2) is 19.9 Å². The number of nitrogens with zero attached hydrogens (tertiary/aromatic N) is 2. The lowest BCUT2D eigenvalue weighted by molar-refractivity contribution is -0.111. The minimum Gasteiger partial charge on any atom is -0.286 e. The van der Waals surface area contributed by atoms with Crippen molar-refractivity contribution in [2.75, 3.05) is 0 Å². The SMILES string of the molecule is O=C(S)C(c1ccc(Cl)cc1)c1c(Cl)cc(-n2ncc(=O)[nH]c2=O)cc1Cl. The van der Waals surface area contributed by atoms with Gasteiger partial charge in [-0.3, -0.25) is 14.6 Å². The second-order valence-corrected chi connectivity index (χ2v) is 7.19. The predicted octanol–water partition coefficient (Wildman–Crippen LogP) is 3.47. The van der Waals surface area contributed by atoms with Crippen molar-refractivity contribution < 1.29 is 4.79 Å². The van der Waals surface area contributed by atoms with Crippen molar-refractivity contribution in [2.24, 2.45) is 0 Å². The van der Waals surface area contributed by atoms with Gasteiger partial charge in [0.15, 0.2) is 5.12 Å². The monoisotopic (exact) mass is 441 g/mol. The molecular weight excluding hydrogens is 433 g/mol. The van der Waals surface area contributed by atoms with Gasteiger partial charge in [0, 0.05) is 20.6 Å². The number of halogens is 3. The van der Waals surface area contributed by atoms with E-state index in [1.165, 1.54) is 12.1 Å². The van der Waals surface area contributed by atoms with Crippen LogP contribution >= 0.6 is 47.4 Å². The summed E-state index contributed by atoms with van der Waals surface area (Å²) >= 11 is 22.6. The number of hydrogen-bond donors (Lipinski definition) is 2. The quantitative estimate of drug-likeness (QED) is 0.606. The number of rotatable bonds is 4. The Bertz CT molecular complexity index is 1120. The van der Waals surface area contributed by atoms with Gasteiger partial charge < -0.3 is 0 Å². The van der Waals surface area contributed by atoms with E-state index in [9.17, 15) is 14.4 Å². The minimum absolute atomic E-state index is 0.139. The summed E-state index contributed by atoms with van der Waals surface area (Å²) in [7, 11) is 0. The van der Waals surface area contributed by atoms with Gasteiger partial charge in [-0.1, -0.05) is 46.9 Å². The molecule has 0 saturated carbocycles. The number of nitrogens with one attached hydrogen (secondary N) is 1. The third-order valence-corrected chi connectivity index (χ3v) is 4.90. The summed E-state index contributed by atoms with van der Waals surface area (Å²) in [5.74, 6) is -0.833. The highest BCUT2D eigenvalue weighted by Crippen LogP contribution is 2.38. The number of aromatic amines is 1. The molecule has 3 aromatic rings. The number of thiol groups is 1. The van der Waals surface area contributed by atoms with Crippen LogP contribution in [0.2, 0.25) is 15.1 Å². The van der Waals surface area contributed by atoms with Crippen molar-refractivity contribution in [2.45, 2.75) is 5.92 Å². The normalized spacial score (nSPS) is 12.0. The Morgan fingerprint density at radius 1 is 1.07 bits per heavy atom. The Hall–Kier alpha value is -2.06. The molecule has 2 aromatic carbocycles. The average Bonchev–Trinajstić information content (AvgIpc) is 2.58. The van der Waals surface area contributed by atoms with Crippen molar-refractivity contribution in [3.05, 3.63) is 89.6 Å². The molecular formula is C17H10Cl3N3O3S. The summed E-state index contributed by atoms with van der Waals surface area (Å²) in [6.45, 7) is 0. The summed E-state index contributed by atoms with van der Waals surface area (Å²) in [6, 6.07) is 9.48. The van der Waals surface area contributed by atoms with Gasteiger partial charge in [0.25, 0.3) is 5.56 Å². The van der Waals surface area contributed by atoms with Gasteiger partial charge in [-0.15, -0.1) is 12.6 Å². The molecule has 0 spiro atoms. The molecule has 0 fully saturated rings. The van der Waals surface area contributed by atoms with E-state index in [2.05, 4.69) is 22.7 Å². The zero-order valence-electron chi connectivity index (χ0n) is 13.3. The van der Waals surface area contributed by atoms with Gasteiger partial charge in [-0.2, -0.15) is 9.78 Å². The standard InChI is InChI=1S/C17H10Cl3N3O3S/c18-9-3-1-8(2-4-9)14(16(25)27)15-11(19)5-10(6-12(15)20)23-17(26)22-13(24)7-21-23/h1-7,14H,(H,25,27)(H,22,24,26). The molecule has 27 heavy (non-hydrogen) atoms. The molecule has 0 aliphatic heterocycles. The van der Waals surface area contributed by atoms with E-state index in [4.69, 9.17) is 34.8 Å². The van der Waals surface area contributed by atoms with E-state index < -0.39 is 22.3 Å². The molecule has 0 bridgehead atoms. The first-order valence-corrected chi connectivity index (χ1v) is 9.02. The maximum Gasteiger partial charge on any atom is 0.349 e. The molecule has 1 heterocycles. The fourth-order valence-electron chi connectivity index (χ4n) is 2.59. The van der Waals surface area contributed by atoms with Gasteiger partial charge in [0.2, 0.25) is 0 Å². The first-order chi connectivity index (χ1) is 12.8. The Balaban J connectivity index is 2.16. The number of hydrogen-bond acceptors (Lipinski definition) is 4. The summed E-state index contributed by atoms with van der Waals surface area (Å²) in [4.78, 5) is 37.4. The second-order valence-electron chi connectivity index (χ2n) is 5.50. The lowest BCUT2D eigenvalue weighted by Crippen LogP contribution is -2.30. The van der Waals surface area contributed by atoms with Crippen molar-refractivity contribution in [1.29, 1.82) is 0 Å².